The summed E-state index contributed by atoms with van der Waals surface area (Å²) >= 11 is -0.972. The van der Waals surface area contributed by atoms with E-state index in [0.717, 1.165) is 12.3 Å². The van der Waals surface area contributed by atoms with Gasteiger partial charge in [-0.3, -0.25) is 0 Å². The predicted molar refractivity (Wildman–Crippen MR) is 71.8 cm³/mol. The number of fused-ring (bicyclic) bond motifs is 1. The second kappa shape index (κ2) is 6.54. The molecular weight excluding hydrogens is 418 g/mol. The van der Waals surface area contributed by atoms with Crippen LogP contribution >= 0.6 is 17.2 Å². The molecule has 2 aliphatic rings. The van der Waals surface area contributed by atoms with Crippen molar-refractivity contribution < 1.29 is 20.5 Å². The van der Waals surface area contributed by atoms with Gasteiger partial charge in [0.1, 0.15) is 0 Å². The number of rotatable bonds is 2. The zero-order chi connectivity index (χ0) is 12.3. The van der Waals surface area contributed by atoms with Gasteiger partial charge >= 0.3 is 37.7 Å². The third-order valence-electron chi connectivity index (χ3n) is 3.27. The van der Waals surface area contributed by atoms with Crippen molar-refractivity contribution in [3.63, 3.8) is 0 Å². The third kappa shape index (κ3) is 3.45. The van der Waals surface area contributed by atoms with Crippen molar-refractivity contribution >= 4 is 23.2 Å². The SMILES string of the molecule is CCC1=Cc2c(cccc2C2CC2)[CH]1.[Cl][Hf][Cl]. The fourth-order valence-corrected chi connectivity index (χ4v) is 2.28. The van der Waals surface area contributed by atoms with Crippen LogP contribution in [-0.2, 0) is 20.5 Å². The van der Waals surface area contributed by atoms with Gasteiger partial charge in [-0.1, -0.05) is 36.8 Å². The van der Waals surface area contributed by atoms with E-state index >= 15 is 0 Å². The minimum atomic E-state index is -0.972. The summed E-state index contributed by atoms with van der Waals surface area (Å²) in [7, 11) is 9.92. The Morgan fingerprint density at radius 3 is 2.59 bits per heavy atom. The number of benzene rings is 1. The Morgan fingerprint density at radius 2 is 2.00 bits per heavy atom. The summed E-state index contributed by atoms with van der Waals surface area (Å²) in [5.41, 5.74) is 6.01. The van der Waals surface area contributed by atoms with Gasteiger partial charge in [-0.05, 0) is 41.9 Å². The Labute approximate surface area is 122 Å². The van der Waals surface area contributed by atoms with Gasteiger partial charge in [-0.15, -0.1) is 0 Å². The van der Waals surface area contributed by atoms with Gasteiger partial charge in [0.15, 0.2) is 0 Å². The molecule has 1 aromatic rings. The molecule has 0 amide bonds. The molecule has 0 N–H and O–H groups in total. The van der Waals surface area contributed by atoms with Crippen molar-refractivity contribution in [1.29, 1.82) is 0 Å². The third-order valence-corrected chi connectivity index (χ3v) is 3.27. The quantitative estimate of drug-likeness (QED) is 0.556. The summed E-state index contributed by atoms with van der Waals surface area (Å²) in [5.74, 6) is 0.866. The molecule has 0 aromatic heterocycles. The molecule has 3 rings (SSSR count). The number of hydrogen-bond donors (Lipinski definition) is 0. The van der Waals surface area contributed by atoms with E-state index < -0.39 is 20.5 Å². The molecule has 17 heavy (non-hydrogen) atoms. The molecule has 0 unspecified atom stereocenters. The van der Waals surface area contributed by atoms with Gasteiger partial charge in [0.05, 0.1) is 0 Å². The molecule has 1 aromatic carbocycles. The molecule has 0 bridgehead atoms. The summed E-state index contributed by atoms with van der Waals surface area (Å²) in [5, 5.41) is 0. The fourth-order valence-electron chi connectivity index (χ4n) is 2.28. The van der Waals surface area contributed by atoms with E-state index in [1.54, 1.807) is 5.56 Å². The summed E-state index contributed by atoms with van der Waals surface area (Å²) < 4.78 is 0. The van der Waals surface area contributed by atoms with Gasteiger partial charge in [0.25, 0.3) is 0 Å². The van der Waals surface area contributed by atoms with E-state index in [1.807, 2.05) is 0 Å². The molecule has 0 spiro atoms. The average Bonchev–Trinajstić information content (AvgIpc) is 3.08. The minimum absolute atomic E-state index is 0.866. The van der Waals surface area contributed by atoms with Crippen molar-refractivity contribution in [2.75, 3.05) is 0 Å². The Morgan fingerprint density at radius 1 is 1.29 bits per heavy atom. The monoisotopic (exact) mass is 433 g/mol. The Bertz CT molecular complexity index is 422. The number of hydrogen-bond acceptors (Lipinski definition) is 0. The van der Waals surface area contributed by atoms with Crippen LogP contribution in [0.3, 0.4) is 0 Å². The van der Waals surface area contributed by atoms with E-state index in [-0.39, 0.29) is 0 Å². The van der Waals surface area contributed by atoms with Crippen LogP contribution in [0.4, 0.5) is 0 Å². The van der Waals surface area contributed by atoms with E-state index in [0.29, 0.717) is 0 Å². The van der Waals surface area contributed by atoms with Crippen molar-refractivity contribution in [3.05, 3.63) is 46.9 Å². The second-order valence-corrected chi connectivity index (χ2v) is 9.60. The van der Waals surface area contributed by atoms with Crippen LogP contribution in [0.25, 0.3) is 6.08 Å². The van der Waals surface area contributed by atoms with Crippen molar-refractivity contribution in [1.82, 2.24) is 0 Å². The molecule has 0 saturated heterocycles. The summed E-state index contributed by atoms with van der Waals surface area (Å²) in [4.78, 5) is 0. The first-order valence-electron chi connectivity index (χ1n) is 5.94. The molecule has 1 fully saturated rings. The summed E-state index contributed by atoms with van der Waals surface area (Å²) in [6, 6.07) is 6.75. The molecule has 1 saturated carbocycles. The topological polar surface area (TPSA) is 0 Å². The zero-order valence-electron chi connectivity index (χ0n) is 9.84. The van der Waals surface area contributed by atoms with Crippen molar-refractivity contribution in [2.45, 2.75) is 32.1 Å². The number of halogens is 2. The molecule has 3 heteroatoms. The van der Waals surface area contributed by atoms with E-state index in [1.165, 1.54) is 29.5 Å². The molecule has 0 heterocycles. The molecule has 2 aliphatic carbocycles. The molecule has 0 nitrogen and oxygen atoms in total. The first kappa shape index (κ1) is 13.8. The molecule has 0 atom stereocenters. The van der Waals surface area contributed by atoms with Crippen LogP contribution < -0.4 is 0 Å². The van der Waals surface area contributed by atoms with Crippen LogP contribution in [0, 0.1) is 6.42 Å². The maximum absolute atomic E-state index is 4.96. The van der Waals surface area contributed by atoms with Gasteiger partial charge in [-0.25, -0.2) is 0 Å². The first-order valence-corrected chi connectivity index (χ1v) is 14.8. The van der Waals surface area contributed by atoms with Gasteiger partial charge in [-0.2, -0.15) is 0 Å². The van der Waals surface area contributed by atoms with E-state index in [9.17, 15) is 0 Å². The maximum atomic E-state index is 4.96. The predicted octanol–water partition coefficient (Wildman–Crippen LogP) is 5.30. The molecule has 1 radical (unpaired) electrons. The normalized spacial score (nSPS) is 16.8. The molecule has 0 aliphatic heterocycles. The van der Waals surface area contributed by atoms with Crippen LogP contribution in [0.5, 0.6) is 0 Å². The van der Waals surface area contributed by atoms with Crippen LogP contribution in [-0.4, -0.2) is 0 Å². The second-order valence-electron chi connectivity index (χ2n) is 4.41. The Kier molecular flexibility index (Phi) is 5.32. The first-order chi connectivity index (χ1) is 8.30. The van der Waals surface area contributed by atoms with Crippen LogP contribution in [0.15, 0.2) is 23.8 Å². The average molecular weight is 433 g/mol. The van der Waals surface area contributed by atoms with Crippen molar-refractivity contribution in [3.8, 4) is 0 Å². The standard InChI is InChI=1S/C14H15.2ClH.Hf/c1-2-10-8-12-4-3-5-13(11-6-7-11)14(12)9-10;;;/h3-5,8-9,11H,2,6-7H2,1H3;2*1H;/q;;;+2/p-2. The van der Waals surface area contributed by atoms with Crippen LogP contribution in [0.1, 0.15) is 48.8 Å². The molecular formula is C14H15Cl2Hf. The Balaban J connectivity index is 0.000000329. The molecule has 89 valence electrons. The summed E-state index contributed by atoms with van der Waals surface area (Å²) in [6.45, 7) is 2.23. The van der Waals surface area contributed by atoms with Gasteiger partial charge < -0.3 is 0 Å². The van der Waals surface area contributed by atoms with E-state index in [2.05, 4.69) is 37.6 Å². The number of allylic oxidation sites excluding steroid dienone is 1. The van der Waals surface area contributed by atoms with Gasteiger partial charge in [0, 0.05) is 6.42 Å². The fraction of sp³-hybridized carbons (Fsp3) is 0.357. The van der Waals surface area contributed by atoms with Crippen molar-refractivity contribution in [2.24, 2.45) is 0 Å². The van der Waals surface area contributed by atoms with E-state index in [4.69, 9.17) is 17.2 Å². The summed E-state index contributed by atoms with van der Waals surface area (Å²) in [6.07, 6.45) is 8.65. The Hall–Kier alpha value is 0.410. The van der Waals surface area contributed by atoms with Gasteiger partial charge in [0.2, 0.25) is 0 Å². The van der Waals surface area contributed by atoms with Crippen LogP contribution in [0.2, 0.25) is 0 Å². The zero-order valence-corrected chi connectivity index (χ0v) is 14.9.